The van der Waals surface area contributed by atoms with Crippen LogP contribution in [-0.4, -0.2) is 126 Å². The van der Waals surface area contributed by atoms with Crippen molar-refractivity contribution in [3.05, 3.63) is 47.5 Å². The molecule has 0 aromatic heterocycles. The predicted octanol–water partition coefficient (Wildman–Crippen LogP) is -2.54. The smallest absolute Gasteiger partial charge is 0.229 e. The highest BCUT2D eigenvalue weighted by Gasteiger charge is 2.46. The number of carbonyl (C=O) groups is 1. The van der Waals surface area contributed by atoms with Crippen LogP contribution in [0.25, 0.3) is 0 Å². The summed E-state index contributed by atoms with van der Waals surface area (Å²) in [5.74, 6) is -0.904. The number of ether oxygens (including phenoxy) is 5. The lowest BCUT2D eigenvalue weighted by Crippen LogP contribution is -2.60. The van der Waals surface area contributed by atoms with Gasteiger partial charge in [0.25, 0.3) is 0 Å². The lowest BCUT2D eigenvalue weighted by atomic mass is 9.95. The summed E-state index contributed by atoms with van der Waals surface area (Å²) in [5.41, 5.74) is 0.411. The molecule has 15 heteroatoms. The molecule has 3 heterocycles. The molecule has 2 aromatic carbocycles. The first kappa shape index (κ1) is 30.4. The van der Waals surface area contributed by atoms with Crippen LogP contribution >= 0.6 is 0 Å². The fourth-order valence-electron chi connectivity index (χ4n) is 5.04. The topological polar surface area (TPSA) is 245 Å². The van der Waals surface area contributed by atoms with Crippen molar-refractivity contribution < 1.29 is 74.4 Å². The van der Waals surface area contributed by atoms with Gasteiger partial charge in [0.15, 0.2) is 17.3 Å². The van der Waals surface area contributed by atoms with Crippen molar-refractivity contribution in [3.63, 3.8) is 0 Å². The van der Waals surface area contributed by atoms with Crippen molar-refractivity contribution in [1.29, 1.82) is 0 Å². The number of aliphatic hydroxyl groups is 8. The molecule has 0 bridgehead atoms. The van der Waals surface area contributed by atoms with E-state index in [4.69, 9.17) is 23.7 Å². The van der Waals surface area contributed by atoms with Crippen LogP contribution in [0.3, 0.4) is 0 Å². The number of Topliss-reactive ketones (excluding diaryl/α,β-unsaturated/α-hetero) is 1. The molecule has 5 rings (SSSR count). The number of hydrogen-bond donors (Lipinski definition) is 9. The summed E-state index contributed by atoms with van der Waals surface area (Å²) in [5, 5.41) is 89.9. The van der Waals surface area contributed by atoms with E-state index in [1.807, 2.05) is 0 Å². The van der Waals surface area contributed by atoms with Gasteiger partial charge >= 0.3 is 0 Å². The molecule has 0 unspecified atom stereocenters. The SMILES string of the molecule is O=C1C[C@@H](c2ccc(O)c(O[C@H]3O[C@@H](CO)[C@H](O)[C@@H](O)[C@@H]3O)c2)Oc2cccc(O[C@@H]3O[C@H](CO)[C@@H](O)[C@H](O)[C@H]3O)c21. The number of carbonyl (C=O) groups excluding carboxylic acids is 1. The maximum absolute atomic E-state index is 13.3. The highest BCUT2D eigenvalue weighted by Crippen LogP contribution is 2.42. The molecule has 3 aliphatic rings. The number of hydrogen-bond acceptors (Lipinski definition) is 15. The Balaban J connectivity index is 1.34. The molecule has 0 radical (unpaired) electrons. The van der Waals surface area contributed by atoms with Gasteiger partial charge in [0.1, 0.15) is 72.0 Å². The van der Waals surface area contributed by atoms with Crippen molar-refractivity contribution >= 4 is 5.78 Å². The van der Waals surface area contributed by atoms with Gasteiger partial charge in [-0.15, -0.1) is 0 Å². The first-order chi connectivity index (χ1) is 20.0. The minimum absolute atomic E-state index is 0.0299. The molecule has 230 valence electrons. The molecule has 15 nitrogen and oxygen atoms in total. The van der Waals surface area contributed by atoms with Crippen LogP contribution in [0.2, 0.25) is 0 Å². The highest BCUT2D eigenvalue weighted by atomic mass is 16.7. The average molecular weight is 597 g/mol. The number of aromatic hydroxyl groups is 1. The first-order valence-electron chi connectivity index (χ1n) is 13.1. The fraction of sp³-hybridized carbons (Fsp3) is 0.519. The zero-order valence-electron chi connectivity index (χ0n) is 21.9. The second-order valence-electron chi connectivity index (χ2n) is 10.2. The van der Waals surface area contributed by atoms with E-state index in [2.05, 4.69) is 0 Å². The fourth-order valence-corrected chi connectivity index (χ4v) is 5.04. The van der Waals surface area contributed by atoms with E-state index in [1.54, 1.807) is 0 Å². The van der Waals surface area contributed by atoms with E-state index >= 15 is 0 Å². The van der Waals surface area contributed by atoms with E-state index in [0.717, 1.165) is 0 Å². The number of fused-ring (bicyclic) bond motifs is 1. The van der Waals surface area contributed by atoms with Crippen LogP contribution < -0.4 is 14.2 Å². The predicted molar refractivity (Wildman–Crippen MR) is 136 cm³/mol. The summed E-state index contributed by atoms with van der Waals surface area (Å²) in [6.45, 7) is -1.33. The minimum atomic E-state index is -1.72. The molecular formula is C27H32O15. The summed E-state index contributed by atoms with van der Waals surface area (Å²) in [6, 6.07) is 8.52. The highest BCUT2D eigenvalue weighted by molar-refractivity contribution is 6.02. The number of rotatable bonds is 7. The Kier molecular flexibility index (Phi) is 8.86. The molecule has 2 fully saturated rings. The molecular weight excluding hydrogens is 564 g/mol. The van der Waals surface area contributed by atoms with Crippen LogP contribution in [0, 0.1) is 0 Å². The van der Waals surface area contributed by atoms with Gasteiger partial charge in [0, 0.05) is 0 Å². The molecule has 0 saturated carbocycles. The molecule has 0 spiro atoms. The van der Waals surface area contributed by atoms with Gasteiger partial charge in [-0.1, -0.05) is 12.1 Å². The Morgan fingerprint density at radius 2 is 1.31 bits per heavy atom. The zero-order chi connectivity index (χ0) is 30.3. The van der Waals surface area contributed by atoms with E-state index in [0.29, 0.717) is 5.56 Å². The van der Waals surface area contributed by atoms with Crippen LogP contribution in [-0.2, 0) is 9.47 Å². The number of phenols is 1. The molecule has 3 aliphatic heterocycles. The summed E-state index contributed by atoms with van der Waals surface area (Å²) in [7, 11) is 0. The summed E-state index contributed by atoms with van der Waals surface area (Å²) >= 11 is 0. The molecule has 42 heavy (non-hydrogen) atoms. The van der Waals surface area contributed by atoms with E-state index < -0.39 is 86.5 Å². The zero-order valence-corrected chi connectivity index (χ0v) is 21.9. The molecule has 2 aromatic rings. The van der Waals surface area contributed by atoms with Crippen LogP contribution in [0.1, 0.15) is 28.4 Å². The summed E-state index contributed by atoms with van der Waals surface area (Å²) in [4.78, 5) is 13.3. The van der Waals surface area contributed by atoms with Gasteiger partial charge in [0.2, 0.25) is 12.6 Å². The van der Waals surface area contributed by atoms with Crippen LogP contribution in [0.4, 0.5) is 0 Å². The third-order valence-corrected chi connectivity index (χ3v) is 7.45. The van der Waals surface area contributed by atoms with Gasteiger partial charge in [-0.2, -0.15) is 0 Å². The lowest BCUT2D eigenvalue weighted by molar-refractivity contribution is -0.277. The third-order valence-electron chi connectivity index (χ3n) is 7.45. The lowest BCUT2D eigenvalue weighted by Gasteiger charge is -2.40. The number of aliphatic hydroxyl groups excluding tert-OH is 8. The van der Waals surface area contributed by atoms with Crippen LogP contribution in [0.15, 0.2) is 36.4 Å². The van der Waals surface area contributed by atoms with E-state index in [-0.39, 0.29) is 35.0 Å². The monoisotopic (exact) mass is 596 g/mol. The minimum Gasteiger partial charge on any atom is -0.504 e. The number of benzene rings is 2. The Labute approximate surface area is 238 Å². The quantitative estimate of drug-likeness (QED) is 0.160. The van der Waals surface area contributed by atoms with Gasteiger partial charge in [-0.05, 0) is 29.8 Å². The van der Waals surface area contributed by atoms with Crippen molar-refractivity contribution in [3.8, 4) is 23.0 Å². The summed E-state index contributed by atoms with van der Waals surface area (Å²) < 4.78 is 28.0. The molecule has 11 atom stereocenters. The van der Waals surface area contributed by atoms with Crippen molar-refractivity contribution in [2.45, 2.75) is 73.9 Å². The van der Waals surface area contributed by atoms with Crippen molar-refractivity contribution in [2.24, 2.45) is 0 Å². The van der Waals surface area contributed by atoms with Gasteiger partial charge in [-0.3, -0.25) is 4.79 Å². The Bertz CT molecular complexity index is 1270. The summed E-state index contributed by atoms with van der Waals surface area (Å²) in [6.07, 6.45) is -16.5. The molecule has 2 saturated heterocycles. The van der Waals surface area contributed by atoms with Gasteiger partial charge in [0.05, 0.1) is 19.6 Å². The second-order valence-corrected chi connectivity index (χ2v) is 10.2. The largest absolute Gasteiger partial charge is 0.504 e. The van der Waals surface area contributed by atoms with Gasteiger partial charge < -0.3 is 69.6 Å². The number of phenolic OH excluding ortho intramolecular Hbond substituents is 1. The van der Waals surface area contributed by atoms with Gasteiger partial charge in [-0.25, -0.2) is 0 Å². The second kappa shape index (κ2) is 12.3. The maximum atomic E-state index is 13.3. The normalized spacial score (nSPS) is 36.6. The average Bonchev–Trinajstić information content (AvgIpc) is 2.98. The first-order valence-corrected chi connectivity index (χ1v) is 13.1. The van der Waals surface area contributed by atoms with E-state index in [9.17, 15) is 50.8 Å². The maximum Gasteiger partial charge on any atom is 0.229 e. The third kappa shape index (κ3) is 5.63. The van der Waals surface area contributed by atoms with Crippen molar-refractivity contribution in [2.75, 3.05) is 13.2 Å². The standard InChI is InChI=1S/C27H32O15/c28-8-17-20(32)22(34)24(36)26(41-17)39-14-3-1-2-13-19(14)12(31)7-15(38-13)10-4-5-11(30)16(6-10)40-27-25(37)23(35)21(33)18(9-29)42-27/h1-6,15,17-18,20-30,32-37H,7-9H2/t15-,17+,18-,20+,21-,22-,23+,24+,25-,26+,27-/m0/s1. The Morgan fingerprint density at radius 1 is 0.738 bits per heavy atom. The molecule has 0 aliphatic carbocycles. The Hall–Kier alpha value is -3.09. The van der Waals surface area contributed by atoms with Crippen LogP contribution in [0.5, 0.6) is 23.0 Å². The Morgan fingerprint density at radius 3 is 1.88 bits per heavy atom. The molecule has 9 N–H and O–H groups in total. The molecule has 0 amide bonds. The van der Waals surface area contributed by atoms with Crippen molar-refractivity contribution in [1.82, 2.24) is 0 Å². The van der Waals surface area contributed by atoms with E-state index in [1.165, 1.54) is 36.4 Å². The number of ketones is 1.